The maximum atomic E-state index is 13.2. The predicted octanol–water partition coefficient (Wildman–Crippen LogP) is 4.91. The normalized spacial score (nSPS) is 24.4. The molecule has 3 aliphatic heterocycles. The molecule has 1 aliphatic carbocycles. The minimum Gasteiger partial charge on any atom is -0.508 e. The lowest BCUT2D eigenvalue weighted by Crippen LogP contribution is -2.65. The molecule has 8 heteroatoms. The van der Waals surface area contributed by atoms with Gasteiger partial charge in [-0.2, -0.15) is 0 Å². The lowest BCUT2D eigenvalue weighted by atomic mass is 9.80. The number of nitrogens with zero attached hydrogens (tertiary/aromatic N) is 1. The molecule has 1 saturated carbocycles. The van der Waals surface area contributed by atoms with Gasteiger partial charge in [-0.1, -0.05) is 73.5 Å². The zero-order chi connectivity index (χ0) is 33.6. The Labute approximate surface area is 285 Å². The Kier molecular flexibility index (Phi) is 11.3. The van der Waals surface area contributed by atoms with Crippen LogP contribution in [0.25, 0.3) is 0 Å². The lowest BCUT2D eigenvalue weighted by molar-refractivity contribution is -0.946. The van der Waals surface area contributed by atoms with Crippen LogP contribution >= 0.6 is 0 Å². The molecule has 3 aromatic rings. The summed E-state index contributed by atoms with van der Waals surface area (Å²) >= 11 is 0. The Morgan fingerprint density at radius 3 is 2.38 bits per heavy atom. The highest BCUT2D eigenvalue weighted by Crippen LogP contribution is 2.42. The first-order chi connectivity index (χ1) is 23.3. The van der Waals surface area contributed by atoms with Gasteiger partial charge in [-0.15, -0.1) is 0 Å². The van der Waals surface area contributed by atoms with E-state index in [0.717, 1.165) is 73.0 Å². The van der Waals surface area contributed by atoms with Crippen LogP contribution in [-0.4, -0.2) is 76.1 Å². The second-order valence-electron chi connectivity index (χ2n) is 14.6. The molecule has 3 saturated heterocycles. The van der Waals surface area contributed by atoms with E-state index in [1.165, 1.54) is 18.9 Å². The van der Waals surface area contributed by atoms with Crippen LogP contribution in [0.2, 0.25) is 0 Å². The number of nitrogens with one attached hydrogen (secondary N) is 1. The molecule has 3 heterocycles. The molecule has 48 heavy (non-hydrogen) atoms. The molecule has 7 rings (SSSR count). The van der Waals surface area contributed by atoms with E-state index in [1.807, 2.05) is 54.6 Å². The number of benzene rings is 3. The molecule has 0 unspecified atom stereocenters. The van der Waals surface area contributed by atoms with Crippen molar-refractivity contribution in [2.24, 2.45) is 11.8 Å². The molecule has 0 aromatic heterocycles. The maximum absolute atomic E-state index is 13.2. The van der Waals surface area contributed by atoms with E-state index in [-0.39, 0.29) is 30.2 Å². The van der Waals surface area contributed by atoms with Crippen LogP contribution in [0.15, 0.2) is 72.8 Å². The summed E-state index contributed by atoms with van der Waals surface area (Å²) in [6, 6.07) is 22.9. The van der Waals surface area contributed by atoms with Gasteiger partial charge in [0.05, 0.1) is 45.4 Å². The number of aromatic hydroxyl groups is 1. The Morgan fingerprint density at radius 1 is 0.958 bits per heavy atom. The number of ketones is 1. The van der Waals surface area contributed by atoms with Gasteiger partial charge in [0.2, 0.25) is 0 Å². The number of fused-ring (bicyclic) bond motifs is 3. The number of rotatable bonds is 16. The average molecular weight is 658 g/mol. The van der Waals surface area contributed by atoms with Gasteiger partial charge in [0.25, 0.3) is 0 Å². The van der Waals surface area contributed by atoms with E-state index >= 15 is 0 Å². The Balaban J connectivity index is 0.960. The summed E-state index contributed by atoms with van der Waals surface area (Å²) < 4.78 is 7.62. The number of ether oxygens (including phenoxy) is 1. The minimum absolute atomic E-state index is 0.0156. The standard InChI is InChI=1S/C40H52N2O6/c43-27-33-23-32(14-15-37(33)45)38(46)25-41-24-30-12-10-29(11-13-30)22-36(44)18-21-42-19-16-31(17-20-42)39(26-42)48-28-40(47,35-8-4-5-9-35)34-6-2-1-3-7-34/h1-3,6-7,10-15,23,31,35,38-39,41,43,46-47H,4-5,8-9,16-22,24-28H2/p+1/t31?,38-,39-,40+,42?/m0/s1. The fraction of sp³-hybridized carbons (Fsp3) is 0.525. The number of hydrogen-bond donors (Lipinski definition) is 5. The van der Waals surface area contributed by atoms with Crippen LogP contribution in [0.4, 0.5) is 0 Å². The molecule has 5 N–H and O–H groups in total. The number of piperidine rings is 3. The van der Waals surface area contributed by atoms with E-state index in [4.69, 9.17) is 4.74 Å². The van der Waals surface area contributed by atoms with Crippen molar-refractivity contribution in [3.63, 3.8) is 0 Å². The number of aliphatic hydroxyl groups is 3. The summed E-state index contributed by atoms with van der Waals surface area (Å²) in [6.07, 6.45) is 7.02. The van der Waals surface area contributed by atoms with Crippen LogP contribution in [0.5, 0.6) is 5.75 Å². The van der Waals surface area contributed by atoms with Crippen LogP contribution in [0.3, 0.4) is 0 Å². The molecule has 8 nitrogen and oxygen atoms in total. The summed E-state index contributed by atoms with van der Waals surface area (Å²) in [5, 5.41) is 44.9. The molecule has 3 atom stereocenters. The van der Waals surface area contributed by atoms with E-state index in [0.29, 0.717) is 49.6 Å². The van der Waals surface area contributed by atoms with Crippen molar-refractivity contribution in [1.29, 1.82) is 0 Å². The molecule has 4 fully saturated rings. The molecule has 0 amide bonds. The van der Waals surface area contributed by atoms with Gasteiger partial charge in [0.15, 0.2) is 0 Å². The Morgan fingerprint density at radius 2 is 1.67 bits per heavy atom. The molecule has 3 aromatic carbocycles. The van der Waals surface area contributed by atoms with E-state index < -0.39 is 11.7 Å². The minimum atomic E-state index is -0.948. The first kappa shape index (κ1) is 34.7. The lowest BCUT2D eigenvalue weighted by Gasteiger charge is -2.53. The molecule has 0 spiro atoms. The number of quaternary nitrogens is 1. The third kappa shape index (κ3) is 8.19. The number of phenols is 1. The highest BCUT2D eigenvalue weighted by molar-refractivity contribution is 5.80. The molecule has 4 aliphatic rings. The molecule has 2 bridgehead atoms. The van der Waals surface area contributed by atoms with Gasteiger partial charge >= 0.3 is 0 Å². The number of carbonyl (C=O) groups is 1. The summed E-state index contributed by atoms with van der Waals surface area (Å²) in [4.78, 5) is 13.2. The SMILES string of the molecule is O=C(CC[N+]12CCC(CC1)[C@@H](OC[C@@](O)(c1ccccc1)C1CCCC1)C2)Cc1ccc(CNC[C@H](O)c2ccc(O)c(CO)c2)cc1. The predicted molar refractivity (Wildman–Crippen MR) is 185 cm³/mol. The van der Waals surface area contributed by atoms with Gasteiger partial charge in [-0.25, -0.2) is 0 Å². The quantitative estimate of drug-likeness (QED) is 0.139. The van der Waals surface area contributed by atoms with Crippen LogP contribution in [-0.2, 0) is 34.7 Å². The first-order valence-corrected chi connectivity index (χ1v) is 17.9. The fourth-order valence-corrected chi connectivity index (χ4v) is 8.39. The van der Waals surface area contributed by atoms with Crippen LogP contribution < -0.4 is 5.32 Å². The van der Waals surface area contributed by atoms with E-state index in [1.54, 1.807) is 12.1 Å². The number of aliphatic hydroxyl groups excluding tert-OH is 2. The average Bonchev–Trinajstić information content (AvgIpc) is 3.68. The summed E-state index contributed by atoms with van der Waals surface area (Å²) in [5.74, 6) is 1.05. The van der Waals surface area contributed by atoms with Crippen molar-refractivity contribution in [2.75, 3.05) is 39.3 Å². The zero-order valence-electron chi connectivity index (χ0n) is 28.1. The number of hydrogen-bond acceptors (Lipinski definition) is 7. The zero-order valence-corrected chi connectivity index (χ0v) is 28.1. The third-order valence-electron chi connectivity index (χ3n) is 11.5. The van der Waals surface area contributed by atoms with Crippen LogP contribution in [0, 0.1) is 11.8 Å². The molecular formula is C40H53N2O6+. The van der Waals surface area contributed by atoms with Crippen molar-refractivity contribution in [2.45, 2.75) is 82.3 Å². The number of carbonyl (C=O) groups excluding carboxylic acids is 1. The van der Waals surface area contributed by atoms with Crippen molar-refractivity contribution in [3.8, 4) is 5.75 Å². The van der Waals surface area contributed by atoms with E-state index in [9.17, 15) is 25.2 Å². The second kappa shape index (κ2) is 15.6. The molecule has 258 valence electrons. The topological polar surface area (TPSA) is 119 Å². The number of Topliss-reactive ketones (excluding diaryl/α,β-unsaturated/α-hetero) is 1. The smallest absolute Gasteiger partial charge is 0.142 e. The van der Waals surface area contributed by atoms with Gasteiger partial charge < -0.3 is 35.0 Å². The van der Waals surface area contributed by atoms with Crippen LogP contribution in [0.1, 0.15) is 78.9 Å². The van der Waals surface area contributed by atoms with Gasteiger partial charge in [-0.05, 0) is 53.1 Å². The largest absolute Gasteiger partial charge is 0.508 e. The first-order valence-electron chi connectivity index (χ1n) is 17.9. The molecule has 0 radical (unpaired) electrons. The van der Waals surface area contributed by atoms with Crippen molar-refractivity contribution in [1.82, 2.24) is 5.32 Å². The van der Waals surface area contributed by atoms with Gasteiger partial charge in [0.1, 0.15) is 29.8 Å². The van der Waals surface area contributed by atoms with Crippen molar-refractivity contribution >= 4 is 5.78 Å². The highest BCUT2D eigenvalue weighted by Gasteiger charge is 2.48. The summed E-state index contributed by atoms with van der Waals surface area (Å²) in [5.41, 5.74) is 3.12. The monoisotopic (exact) mass is 657 g/mol. The Bertz CT molecular complexity index is 1480. The highest BCUT2D eigenvalue weighted by atomic mass is 16.5. The third-order valence-corrected chi connectivity index (χ3v) is 11.5. The van der Waals surface area contributed by atoms with E-state index in [2.05, 4.69) is 5.32 Å². The molecular weight excluding hydrogens is 604 g/mol. The Hall–Kier alpha value is -3.11. The fourth-order valence-electron chi connectivity index (χ4n) is 8.39. The maximum Gasteiger partial charge on any atom is 0.142 e. The van der Waals surface area contributed by atoms with Gasteiger partial charge in [0, 0.05) is 43.8 Å². The summed E-state index contributed by atoms with van der Waals surface area (Å²) in [7, 11) is 0. The van der Waals surface area contributed by atoms with Crippen molar-refractivity contribution < 1.29 is 34.4 Å². The van der Waals surface area contributed by atoms with Crippen molar-refractivity contribution in [3.05, 3.63) is 101 Å². The van der Waals surface area contributed by atoms with Gasteiger partial charge in [-0.3, -0.25) is 4.79 Å². The summed E-state index contributed by atoms with van der Waals surface area (Å²) in [6.45, 7) is 4.95. The second-order valence-corrected chi connectivity index (χ2v) is 14.6.